The molecule has 1 heterocycles. The molecule has 240 valence electrons. The average Bonchev–Trinajstić information content (AvgIpc) is 3.47. The van der Waals surface area contributed by atoms with Crippen molar-refractivity contribution in [3.63, 3.8) is 0 Å². The Kier molecular flexibility index (Phi) is 11.6. The number of nitrogens with zero attached hydrogens (tertiary/aromatic N) is 2. The minimum absolute atomic E-state index is 0.0412. The lowest BCUT2D eigenvalue weighted by atomic mass is 10.1. The number of carboxylic acid groups (broad SMARTS) is 1. The summed E-state index contributed by atoms with van der Waals surface area (Å²) in [4.78, 5) is 70.6. The Morgan fingerprint density at radius 1 is 0.870 bits per heavy atom. The number of esters is 1. The molecule has 46 heavy (non-hydrogen) atoms. The Bertz CT molecular complexity index is 1630. The number of para-hydroxylation sites is 2. The normalized spacial score (nSPS) is 11.2. The number of benzene rings is 3. The molecule has 0 fully saturated rings. The third-order valence-electron chi connectivity index (χ3n) is 6.61. The number of carbonyl (C=O) groups is 5. The Balaban J connectivity index is 1.35. The SMILES string of the molecule is CCOC(=O)CNC(=O)N(Cc1ccc(C(=O)NCC(NC(=O)OCc2ccccc2)C(=O)O)cc1)Cc1nc2ccccc2[nH]1. The number of aromatic amines is 1. The van der Waals surface area contributed by atoms with Crippen molar-refractivity contribution in [3.05, 3.63) is 101 Å². The molecule has 0 saturated heterocycles. The van der Waals surface area contributed by atoms with Crippen molar-refractivity contribution in [1.82, 2.24) is 30.8 Å². The van der Waals surface area contributed by atoms with Crippen LogP contribution in [0.15, 0.2) is 78.9 Å². The van der Waals surface area contributed by atoms with Crippen molar-refractivity contribution in [1.29, 1.82) is 0 Å². The molecule has 4 amide bonds. The first-order chi connectivity index (χ1) is 22.2. The van der Waals surface area contributed by atoms with Gasteiger partial charge in [-0.3, -0.25) is 9.59 Å². The topological polar surface area (TPSA) is 192 Å². The van der Waals surface area contributed by atoms with E-state index in [2.05, 4.69) is 25.9 Å². The quantitative estimate of drug-likeness (QED) is 0.130. The van der Waals surface area contributed by atoms with E-state index in [1.807, 2.05) is 30.3 Å². The largest absolute Gasteiger partial charge is 0.480 e. The monoisotopic (exact) mass is 630 g/mol. The maximum Gasteiger partial charge on any atom is 0.408 e. The zero-order valence-corrected chi connectivity index (χ0v) is 25.0. The first kappa shape index (κ1) is 33.0. The van der Waals surface area contributed by atoms with Gasteiger partial charge in [-0.1, -0.05) is 54.6 Å². The number of urea groups is 1. The van der Waals surface area contributed by atoms with E-state index in [4.69, 9.17) is 9.47 Å². The molecule has 0 saturated carbocycles. The molecule has 1 atom stereocenters. The van der Waals surface area contributed by atoms with Gasteiger partial charge in [0.05, 0.1) is 24.2 Å². The lowest BCUT2D eigenvalue weighted by molar-refractivity contribution is -0.142. The van der Waals surface area contributed by atoms with E-state index < -0.39 is 36.0 Å². The zero-order chi connectivity index (χ0) is 32.9. The average molecular weight is 631 g/mol. The summed E-state index contributed by atoms with van der Waals surface area (Å²) in [6, 6.07) is 20.7. The number of hydrogen-bond donors (Lipinski definition) is 5. The number of alkyl carbamates (subject to hydrolysis) is 1. The number of fused-ring (bicyclic) bond motifs is 1. The summed E-state index contributed by atoms with van der Waals surface area (Å²) in [5.74, 6) is -1.95. The number of ether oxygens (including phenoxy) is 2. The smallest absolute Gasteiger partial charge is 0.408 e. The summed E-state index contributed by atoms with van der Waals surface area (Å²) >= 11 is 0. The molecule has 0 radical (unpaired) electrons. The third kappa shape index (κ3) is 9.80. The van der Waals surface area contributed by atoms with Crippen molar-refractivity contribution >= 4 is 41.0 Å². The molecule has 1 unspecified atom stereocenters. The van der Waals surface area contributed by atoms with Gasteiger partial charge in [-0.15, -0.1) is 0 Å². The van der Waals surface area contributed by atoms with E-state index in [1.54, 1.807) is 43.3 Å². The maximum atomic E-state index is 13.1. The number of aliphatic carboxylic acids is 1. The molecule has 0 aliphatic heterocycles. The van der Waals surface area contributed by atoms with E-state index in [-0.39, 0.29) is 45.0 Å². The number of carboxylic acids is 1. The summed E-state index contributed by atoms with van der Waals surface area (Å²) in [6.07, 6.45) is -0.937. The van der Waals surface area contributed by atoms with Gasteiger partial charge in [-0.2, -0.15) is 0 Å². The second kappa shape index (κ2) is 16.2. The highest BCUT2D eigenvalue weighted by atomic mass is 16.5. The number of hydrogen-bond acceptors (Lipinski definition) is 8. The highest BCUT2D eigenvalue weighted by molar-refractivity contribution is 5.94. The molecule has 0 spiro atoms. The fourth-order valence-corrected chi connectivity index (χ4v) is 4.32. The molecule has 0 aliphatic rings. The molecule has 14 heteroatoms. The minimum atomic E-state index is -1.42. The molecule has 14 nitrogen and oxygen atoms in total. The first-order valence-corrected chi connectivity index (χ1v) is 14.4. The van der Waals surface area contributed by atoms with Gasteiger partial charge in [0.25, 0.3) is 5.91 Å². The standard InChI is InChI=1S/C32H34N6O8/c1-2-45-28(39)17-34-31(43)38(19-27-35-24-10-6-7-11-25(24)36-27)18-21-12-14-23(15-13-21)29(40)33-16-26(30(41)42)37-32(44)46-20-22-8-4-3-5-9-22/h3-15,26H,2,16-20H2,1H3,(H,33,40)(H,34,43)(H,35,36)(H,37,44)(H,41,42). The van der Waals surface area contributed by atoms with Gasteiger partial charge in [0.2, 0.25) is 0 Å². The van der Waals surface area contributed by atoms with Crippen molar-refractivity contribution < 1.29 is 38.6 Å². The van der Waals surface area contributed by atoms with Crippen LogP contribution in [0, 0.1) is 0 Å². The van der Waals surface area contributed by atoms with Crippen molar-refractivity contribution in [2.45, 2.75) is 32.7 Å². The molecule has 3 aromatic carbocycles. The number of imidazole rings is 1. The zero-order valence-electron chi connectivity index (χ0n) is 25.0. The number of carbonyl (C=O) groups excluding carboxylic acids is 4. The number of aromatic nitrogens is 2. The highest BCUT2D eigenvalue weighted by Gasteiger charge is 2.22. The predicted octanol–water partition coefficient (Wildman–Crippen LogP) is 2.95. The van der Waals surface area contributed by atoms with Gasteiger partial charge in [-0.25, -0.2) is 19.4 Å². The number of rotatable bonds is 14. The predicted molar refractivity (Wildman–Crippen MR) is 165 cm³/mol. The Hall–Kier alpha value is -5.92. The number of H-pyrrole nitrogens is 1. The molecule has 1 aromatic heterocycles. The van der Waals surface area contributed by atoms with E-state index >= 15 is 0 Å². The lowest BCUT2D eigenvalue weighted by Gasteiger charge is -2.22. The second-order valence-corrected chi connectivity index (χ2v) is 10.0. The van der Waals surface area contributed by atoms with Crippen LogP contribution in [-0.4, -0.2) is 75.7 Å². The van der Waals surface area contributed by atoms with Crippen molar-refractivity contribution in [3.8, 4) is 0 Å². The molecular weight excluding hydrogens is 596 g/mol. The van der Waals surface area contributed by atoms with Gasteiger partial charge < -0.3 is 40.4 Å². The summed E-state index contributed by atoms with van der Waals surface area (Å²) in [6.45, 7) is 1.34. The van der Waals surface area contributed by atoms with Crippen LogP contribution in [0.2, 0.25) is 0 Å². The summed E-state index contributed by atoms with van der Waals surface area (Å²) in [5.41, 5.74) is 3.19. The van der Waals surface area contributed by atoms with Gasteiger partial charge in [-0.05, 0) is 42.3 Å². The van der Waals surface area contributed by atoms with Crippen LogP contribution < -0.4 is 16.0 Å². The van der Waals surface area contributed by atoms with Crippen molar-refractivity contribution in [2.24, 2.45) is 0 Å². The number of nitrogens with one attached hydrogen (secondary N) is 4. The fourth-order valence-electron chi connectivity index (χ4n) is 4.32. The molecule has 5 N–H and O–H groups in total. The van der Waals surface area contributed by atoms with Crippen molar-refractivity contribution in [2.75, 3.05) is 19.7 Å². The third-order valence-corrected chi connectivity index (χ3v) is 6.61. The summed E-state index contributed by atoms with van der Waals surface area (Å²) < 4.78 is 9.96. The van der Waals surface area contributed by atoms with Gasteiger partial charge in [0, 0.05) is 18.7 Å². The van der Waals surface area contributed by atoms with Crippen LogP contribution in [0.25, 0.3) is 11.0 Å². The van der Waals surface area contributed by atoms with Crippen LogP contribution >= 0.6 is 0 Å². The van der Waals surface area contributed by atoms with E-state index in [0.29, 0.717) is 11.4 Å². The first-order valence-electron chi connectivity index (χ1n) is 14.4. The molecule has 0 aliphatic carbocycles. The second-order valence-electron chi connectivity index (χ2n) is 10.0. The summed E-state index contributed by atoms with van der Waals surface area (Å²) in [5, 5.41) is 16.8. The van der Waals surface area contributed by atoms with Crippen LogP contribution in [0.3, 0.4) is 0 Å². The Labute approximate surface area is 264 Å². The maximum absolute atomic E-state index is 13.1. The molecule has 4 rings (SSSR count). The van der Waals surface area contributed by atoms with Crippen LogP contribution in [0.4, 0.5) is 9.59 Å². The number of amides is 4. The highest BCUT2D eigenvalue weighted by Crippen LogP contribution is 2.15. The lowest BCUT2D eigenvalue weighted by Crippen LogP contribution is -2.48. The van der Waals surface area contributed by atoms with E-state index in [9.17, 15) is 29.1 Å². The van der Waals surface area contributed by atoms with Crippen LogP contribution in [-0.2, 0) is 38.8 Å². The van der Waals surface area contributed by atoms with Crippen LogP contribution in [0.1, 0.15) is 34.2 Å². The summed E-state index contributed by atoms with van der Waals surface area (Å²) in [7, 11) is 0. The van der Waals surface area contributed by atoms with Gasteiger partial charge in [0.1, 0.15) is 25.0 Å². The fraction of sp³-hybridized carbons (Fsp3) is 0.250. The Morgan fingerprint density at radius 2 is 1.59 bits per heavy atom. The molecular formula is C32H34N6O8. The van der Waals surface area contributed by atoms with E-state index in [1.165, 1.54) is 17.0 Å². The van der Waals surface area contributed by atoms with Gasteiger partial charge >= 0.3 is 24.1 Å². The van der Waals surface area contributed by atoms with Gasteiger partial charge in [0.15, 0.2) is 0 Å². The van der Waals surface area contributed by atoms with E-state index in [0.717, 1.165) is 16.6 Å². The Morgan fingerprint density at radius 3 is 2.28 bits per heavy atom. The van der Waals surface area contributed by atoms with Crippen LogP contribution in [0.5, 0.6) is 0 Å². The minimum Gasteiger partial charge on any atom is -0.480 e. The molecule has 4 aromatic rings. The molecule has 0 bridgehead atoms.